The topological polar surface area (TPSA) is 50.9 Å². The summed E-state index contributed by atoms with van der Waals surface area (Å²) >= 11 is 0. The van der Waals surface area contributed by atoms with E-state index in [9.17, 15) is 8.78 Å². The lowest BCUT2D eigenvalue weighted by Gasteiger charge is -2.20. The van der Waals surface area contributed by atoms with Crippen LogP contribution in [0.5, 0.6) is 0 Å². The van der Waals surface area contributed by atoms with E-state index in [1.54, 1.807) is 24.5 Å². The number of nitrogens with zero attached hydrogens (tertiary/aromatic N) is 1. The number of nitrogens with one attached hydrogen (secondary N) is 1. The SMILES string of the molecule is CCCNC(Cc1cnccc1N)c1ccc(F)c(F)c1. The predicted octanol–water partition coefficient (Wildman–Crippen LogP) is 3.23. The second kappa shape index (κ2) is 7.13. The molecule has 0 fully saturated rings. The summed E-state index contributed by atoms with van der Waals surface area (Å²) in [5.41, 5.74) is 8.16. The first-order chi connectivity index (χ1) is 10.1. The normalized spacial score (nSPS) is 12.3. The van der Waals surface area contributed by atoms with Crippen molar-refractivity contribution < 1.29 is 8.78 Å². The molecule has 0 saturated heterocycles. The van der Waals surface area contributed by atoms with E-state index < -0.39 is 11.6 Å². The molecule has 1 heterocycles. The molecule has 1 aromatic carbocycles. The Labute approximate surface area is 123 Å². The minimum Gasteiger partial charge on any atom is -0.398 e. The molecule has 0 amide bonds. The first kappa shape index (κ1) is 15.4. The number of rotatable bonds is 6. The molecule has 5 heteroatoms. The van der Waals surface area contributed by atoms with Crippen molar-refractivity contribution in [2.45, 2.75) is 25.8 Å². The van der Waals surface area contributed by atoms with Gasteiger partial charge in [-0.25, -0.2) is 8.78 Å². The molecule has 3 nitrogen and oxygen atoms in total. The Morgan fingerprint density at radius 1 is 1.24 bits per heavy atom. The Morgan fingerprint density at radius 3 is 2.71 bits per heavy atom. The van der Waals surface area contributed by atoms with Gasteiger partial charge in [-0.1, -0.05) is 13.0 Å². The van der Waals surface area contributed by atoms with Crippen LogP contribution in [0.25, 0.3) is 0 Å². The molecular weight excluding hydrogens is 272 g/mol. The van der Waals surface area contributed by atoms with E-state index in [1.807, 2.05) is 6.92 Å². The lowest BCUT2D eigenvalue weighted by molar-refractivity contribution is 0.493. The molecule has 1 unspecified atom stereocenters. The van der Waals surface area contributed by atoms with Gasteiger partial charge in [0.2, 0.25) is 0 Å². The maximum Gasteiger partial charge on any atom is 0.159 e. The summed E-state index contributed by atoms with van der Waals surface area (Å²) < 4.78 is 26.5. The van der Waals surface area contributed by atoms with Gasteiger partial charge in [0.05, 0.1) is 0 Å². The van der Waals surface area contributed by atoms with E-state index in [4.69, 9.17) is 5.73 Å². The van der Waals surface area contributed by atoms with Crippen molar-refractivity contribution in [2.75, 3.05) is 12.3 Å². The number of nitrogens with two attached hydrogens (primary N) is 1. The molecule has 0 bridgehead atoms. The van der Waals surface area contributed by atoms with Gasteiger partial charge in [0.1, 0.15) is 0 Å². The molecular formula is C16H19F2N3. The van der Waals surface area contributed by atoms with Crippen molar-refractivity contribution in [3.63, 3.8) is 0 Å². The molecule has 0 radical (unpaired) electrons. The molecule has 21 heavy (non-hydrogen) atoms. The summed E-state index contributed by atoms with van der Waals surface area (Å²) in [5.74, 6) is -1.68. The third-order valence-corrected chi connectivity index (χ3v) is 3.35. The Kier molecular flexibility index (Phi) is 5.22. The average molecular weight is 291 g/mol. The minimum atomic E-state index is -0.839. The monoisotopic (exact) mass is 291 g/mol. The Balaban J connectivity index is 2.25. The number of hydrogen-bond donors (Lipinski definition) is 2. The van der Waals surface area contributed by atoms with Gasteiger partial charge in [0, 0.05) is 24.1 Å². The number of anilines is 1. The molecule has 0 aliphatic carbocycles. The van der Waals surface area contributed by atoms with Crippen molar-refractivity contribution in [1.29, 1.82) is 0 Å². The minimum absolute atomic E-state index is 0.133. The van der Waals surface area contributed by atoms with Gasteiger partial charge in [-0.2, -0.15) is 0 Å². The van der Waals surface area contributed by atoms with Crippen molar-refractivity contribution in [1.82, 2.24) is 10.3 Å². The number of nitrogen functional groups attached to an aromatic ring is 1. The summed E-state index contributed by atoms with van der Waals surface area (Å²) in [6.07, 6.45) is 4.86. The van der Waals surface area contributed by atoms with Crippen LogP contribution in [0.4, 0.5) is 14.5 Å². The molecule has 0 spiro atoms. The highest BCUT2D eigenvalue weighted by molar-refractivity contribution is 5.45. The molecule has 3 N–H and O–H groups in total. The Hall–Kier alpha value is -2.01. The fraction of sp³-hybridized carbons (Fsp3) is 0.312. The van der Waals surface area contributed by atoms with Crippen LogP contribution in [-0.4, -0.2) is 11.5 Å². The Bertz CT molecular complexity index is 602. The summed E-state index contributed by atoms with van der Waals surface area (Å²) in [6, 6.07) is 5.58. The van der Waals surface area contributed by atoms with Gasteiger partial charge in [-0.3, -0.25) is 4.98 Å². The highest BCUT2D eigenvalue weighted by Crippen LogP contribution is 2.23. The summed E-state index contributed by atoms with van der Waals surface area (Å²) in [5, 5.41) is 3.34. The summed E-state index contributed by atoms with van der Waals surface area (Å²) in [4.78, 5) is 4.06. The lowest BCUT2D eigenvalue weighted by Crippen LogP contribution is -2.24. The Morgan fingerprint density at radius 2 is 2.05 bits per heavy atom. The van der Waals surface area contributed by atoms with Crippen LogP contribution in [0.1, 0.15) is 30.5 Å². The largest absolute Gasteiger partial charge is 0.398 e. The van der Waals surface area contributed by atoms with Crippen molar-refractivity contribution in [3.8, 4) is 0 Å². The van der Waals surface area contributed by atoms with E-state index in [0.29, 0.717) is 17.7 Å². The second-order valence-corrected chi connectivity index (χ2v) is 4.96. The van der Waals surface area contributed by atoms with E-state index in [-0.39, 0.29) is 6.04 Å². The number of benzene rings is 1. The maximum absolute atomic E-state index is 13.4. The predicted molar refractivity (Wildman–Crippen MR) is 79.7 cm³/mol. The zero-order chi connectivity index (χ0) is 15.2. The zero-order valence-electron chi connectivity index (χ0n) is 11.9. The fourth-order valence-corrected chi connectivity index (χ4v) is 2.18. The number of halogens is 2. The number of pyridine rings is 1. The molecule has 1 atom stereocenters. The highest BCUT2D eigenvalue weighted by Gasteiger charge is 2.15. The first-order valence-corrected chi connectivity index (χ1v) is 6.98. The first-order valence-electron chi connectivity index (χ1n) is 6.98. The zero-order valence-corrected chi connectivity index (χ0v) is 11.9. The number of hydrogen-bond acceptors (Lipinski definition) is 3. The van der Waals surface area contributed by atoms with Gasteiger partial charge in [0.25, 0.3) is 0 Å². The van der Waals surface area contributed by atoms with E-state index >= 15 is 0 Å². The molecule has 2 rings (SSSR count). The smallest absolute Gasteiger partial charge is 0.159 e. The third-order valence-electron chi connectivity index (χ3n) is 3.35. The lowest BCUT2D eigenvalue weighted by atomic mass is 9.98. The average Bonchev–Trinajstić information content (AvgIpc) is 2.48. The number of aromatic nitrogens is 1. The second-order valence-electron chi connectivity index (χ2n) is 4.96. The molecule has 1 aromatic heterocycles. The molecule has 0 saturated carbocycles. The molecule has 0 aliphatic heterocycles. The molecule has 112 valence electrons. The van der Waals surface area contributed by atoms with Crippen LogP contribution in [0.2, 0.25) is 0 Å². The highest BCUT2D eigenvalue weighted by atomic mass is 19.2. The van der Waals surface area contributed by atoms with E-state index in [1.165, 1.54) is 6.07 Å². The molecule has 2 aromatic rings. The van der Waals surface area contributed by atoms with Gasteiger partial charge in [-0.05, 0) is 48.7 Å². The van der Waals surface area contributed by atoms with Crippen LogP contribution >= 0.6 is 0 Å². The van der Waals surface area contributed by atoms with E-state index in [0.717, 1.165) is 24.6 Å². The quantitative estimate of drug-likeness (QED) is 0.859. The van der Waals surface area contributed by atoms with Crippen LogP contribution < -0.4 is 11.1 Å². The molecule has 0 aliphatic rings. The van der Waals surface area contributed by atoms with Crippen LogP contribution in [0.15, 0.2) is 36.7 Å². The van der Waals surface area contributed by atoms with Gasteiger partial charge in [0.15, 0.2) is 11.6 Å². The van der Waals surface area contributed by atoms with Gasteiger partial charge in [-0.15, -0.1) is 0 Å². The van der Waals surface area contributed by atoms with Crippen molar-refractivity contribution >= 4 is 5.69 Å². The summed E-state index contributed by atoms with van der Waals surface area (Å²) in [6.45, 7) is 2.83. The van der Waals surface area contributed by atoms with Crippen LogP contribution in [-0.2, 0) is 6.42 Å². The van der Waals surface area contributed by atoms with Crippen LogP contribution in [0, 0.1) is 11.6 Å². The van der Waals surface area contributed by atoms with Crippen LogP contribution in [0.3, 0.4) is 0 Å². The van der Waals surface area contributed by atoms with Gasteiger partial charge >= 0.3 is 0 Å². The fourth-order valence-electron chi connectivity index (χ4n) is 2.18. The summed E-state index contributed by atoms with van der Waals surface area (Å²) in [7, 11) is 0. The van der Waals surface area contributed by atoms with E-state index in [2.05, 4.69) is 10.3 Å². The third kappa shape index (κ3) is 3.98. The standard InChI is InChI=1S/C16H19F2N3/c1-2-6-21-16(9-12-10-20-7-5-15(12)19)11-3-4-13(17)14(18)8-11/h3-5,7-8,10,16,21H,2,6,9H2,1H3,(H2,19,20). The maximum atomic E-state index is 13.4. The van der Waals surface area contributed by atoms with Crippen molar-refractivity contribution in [2.24, 2.45) is 0 Å². The van der Waals surface area contributed by atoms with Crippen molar-refractivity contribution in [3.05, 3.63) is 59.4 Å². The van der Waals surface area contributed by atoms with Gasteiger partial charge < -0.3 is 11.1 Å².